The number of hydrogen-bond donors (Lipinski definition) is 16. The molecule has 0 aromatic rings. The molecule has 16 atom stereocenters. The molecule has 492 valence electrons. The average Bonchev–Trinajstić information content (AvgIpc) is 3.70. The Labute approximate surface area is 493 Å². The molecule has 3 aliphatic heterocycles. The minimum atomic E-state index is -4.51. The maximum atomic E-state index is 13.7. The van der Waals surface area contributed by atoms with E-state index in [9.17, 15) is 79.4 Å². The van der Waals surface area contributed by atoms with Crippen LogP contribution in [-0.2, 0) is 75.7 Å². The van der Waals surface area contributed by atoms with Gasteiger partial charge in [-0.2, -0.15) is 0 Å². The molecule has 3 rings (SSSR count). The van der Waals surface area contributed by atoms with Crippen LogP contribution >= 0.6 is 7.82 Å². The lowest BCUT2D eigenvalue weighted by atomic mass is 9.92. The van der Waals surface area contributed by atoms with Gasteiger partial charge in [-0.3, -0.25) is 28.5 Å². The number of amides is 5. The SMILES string of the molecule is [3H]OP(=O)(O)OCCCNC(=O)CCCC(=O)NC(COCCC(=O)NCCCO[C@@H]1OC(CO)[C@H](O)[C@H](O)C1C)(COCCC(=O)NCCCO[C@@H]1OC(CO)[C@H](O)[C@H](O)C1C)COCCC(=O)NCCCO[C@@H]1OC(CO)[C@H](O)[C@H](O)C1C.[3H][3H]. The molecule has 0 saturated carbocycles. The van der Waals surface area contributed by atoms with Gasteiger partial charge in [0.15, 0.2) is 18.9 Å². The zero-order valence-electron chi connectivity index (χ0n) is 51.1. The number of aliphatic hydroxyl groups excluding tert-OH is 9. The second-order valence-electron chi connectivity index (χ2n) is 21.0. The Kier molecular flexibility index (Phi) is 34.3. The number of nitrogens with one attached hydrogen (secondary N) is 5. The maximum absolute atomic E-state index is 13.7. The number of carbonyl (C=O) groups is 5. The predicted octanol–water partition coefficient (Wildman–Crippen LogP) is -5.11. The highest BCUT2D eigenvalue weighted by molar-refractivity contribution is 7.46. The van der Waals surface area contributed by atoms with Crippen molar-refractivity contribution in [2.24, 2.45) is 17.8 Å². The van der Waals surface area contributed by atoms with Crippen molar-refractivity contribution in [3.05, 3.63) is 0 Å². The fourth-order valence-corrected chi connectivity index (χ4v) is 9.22. The number of phosphoric acid groups is 1. The van der Waals surface area contributed by atoms with Crippen LogP contribution < -0.4 is 26.6 Å². The molecule has 0 bridgehead atoms. The first-order valence-corrected chi connectivity index (χ1v) is 30.0. The Bertz CT molecular complexity index is 1830. The Morgan fingerprint density at radius 3 is 1.12 bits per heavy atom. The molecule has 5 amide bonds. The number of ether oxygens (including phenoxy) is 9. The van der Waals surface area contributed by atoms with Crippen LogP contribution in [-0.4, -0.2) is 278 Å². The van der Waals surface area contributed by atoms with Crippen molar-refractivity contribution in [3.8, 4) is 0 Å². The van der Waals surface area contributed by atoms with Crippen LogP contribution in [0.2, 0.25) is 0 Å². The summed E-state index contributed by atoms with van der Waals surface area (Å²) in [7, 11) is -4.51. The Morgan fingerprint density at radius 2 is 0.798 bits per heavy atom. The molecule has 3 heterocycles. The highest BCUT2D eigenvalue weighted by Gasteiger charge is 2.45. The van der Waals surface area contributed by atoms with E-state index < -0.39 is 154 Å². The summed E-state index contributed by atoms with van der Waals surface area (Å²) in [6, 6.07) is 0. The second kappa shape index (κ2) is 40.3. The molecule has 84 heavy (non-hydrogen) atoms. The second-order valence-corrected chi connectivity index (χ2v) is 22.2. The lowest BCUT2D eigenvalue weighted by Crippen LogP contribution is -2.58. The maximum Gasteiger partial charge on any atom is 0.469 e. The van der Waals surface area contributed by atoms with E-state index in [1.807, 2.05) is 0 Å². The topological polar surface area (TPSA) is 477 Å². The Hall–Kier alpha value is -3.26. The fraction of sp³-hybridized carbons (Fsp3) is 0.902. The van der Waals surface area contributed by atoms with E-state index in [1.54, 1.807) is 20.8 Å². The third kappa shape index (κ3) is 27.8. The molecule has 33 heteroatoms. The van der Waals surface area contributed by atoms with Crippen LogP contribution in [0, 0.1) is 17.8 Å². The molecule has 0 spiro atoms. The Balaban J connectivity index is 0.0000128. The van der Waals surface area contributed by atoms with E-state index in [0.29, 0.717) is 19.3 Å². The van der Waals surface area contributed by atoms with Crippen molar-refractivity contribution in [2.45, 2.75) is 164 Å². The monoisotopic (exact) mass is 1250 g/mol. The molecule has 0 aromatic carbocycles. The van der Waals surface area contributed by atoms with Gasteiger partial charge in [0.25, 0.3) is 0 Å². The Morgan fingerprint density at radius 1 is 0.488 bits per heavy atom. The highest BCUT2D eigenvalue weighted by atomic mass is 31.2. The first-order chi connectivity index (χ1) is 41.5. The summed E-state index contributed by atoms with van der Waals surface area (Å²) in [6.45, 7) is 2.42. The number of phosphoric ester groups is 1. The summed E-state index contributed by atoms with van der Waals surface area (Å²) in [5.74, 6) is -4.04. The lowest BCUT2D eigenvalue weighted by molar-refractivity contribution is -0.282. The quantitative estimate of drug-likeness (QED) is 0.0200. The zero-order valence-corrected chi connectivity index (χ0v) is 49.0. The molecule has 3 saturated heterocycles. The molecule has 7 unspecified atom stereocenters. The van der Waals surface area contributed by atoms with E-state index in [4.69, 9.17) is 47.0 Å². The van der Waals surface area contributed by atoms with Crippen molar-refractivity contribution in [1.29, 1.82) is 1.43 Å². The first-order valence-electron chi connectivity index (χ1n) is 29.9. The van der Waals surface area contributed by atoms with Crippen molar-refractivity contribution in [1.82, 2.24) is 26.6 Å². The summed E-state index contributed by atoms with van der Waals surface area (Å²) in [5, 5.41) is 103. The molecular weight excluding hydrogens is 1150 g/mol. The van der Waals surface area contributed by atoms with Crippen molar-refractivity contribution < 1.29 is 134 Å². The molecular formula is C51H96N5O27P. The zero-order chi connectivity index (χ0) is 65.0. The van der Waals surface area contributed by atoms with Gasteiger partial charge < -0.3 is 125 Å². The normalized spacial score (nSPS) is 29.7. The van der Waals surface area contributed by atoms with E-state index >= 15 is 0 Å². The average molecular weight is 1250 g/mol. The van der Waals surface area contributed by atoms with E-state index in [1.165, 1.54) is 0 Å². The van der Waals surface area contributed by atoms with Gasteiger partial charge in [-0.25, -0.2) is 4.57 Å². The first kappa shape index (κ1) is 71.5. The molecule has 16 N–H and O–H groups in total. The molecule has 3 fully saturated rings. The van der Waals surface area contributed by atoms with Gasteiger partial charge in [-0.1, -0.05) is 20.8 Å². The van der Waals surface area contributed by atoms with Crippen LogP contribution in [0.3, 0.4) is 0 Å². The summed E-state index contributed by atoms with van der Waals surface area (Å²) >= 11 is 0. The molecule has 32 nitrogen and oxygen atoms in total. The molecule has 0 aliphatic carbocycles. The predicted molar refractivity (Wildman–Crippen MR) is 290 cm³/mol. The van der Waals surface area contributed by atoms with Gasteiger partial charge in [0, 0.05) is 79.0 Å². The third-order valence-electron chi connectivity index (χ3n) is 14.0. The molecule has 0 aromatic heterocycles. The third-order valence-corrected chi connectivity index (χ3v) is 14.5. The number of aliphatic hydroxyl groups is 9. The molecule has 0 radical (unpaired) electrons. The smallest absolute Gasteiger partial charge is 0.394 e. The standard InChI is InChI=1S/C51H94N5O27P.H2/c1-31-42(65)45(68)34(25-57)81-48(31)77-18-5-14-53-38(61)11-22-74-28-51(56-41(64)10-4-9-37(60)52-17-8-21-80-84(71,72)73,29-75-23-12-39(62)54-15-6-19-78-49-32(2)43(66)46(69)35(26-58)82-49)30-76-24-13-40(63)55-16-7-20-79-50-33(3)44(67)47(70)36(27-59)83-50;/h31-36,42-50,57-59,65-70H,4-30H2,1-3H3,(H,52,60)(H,53,61)(H,54,62)(H,55,63)(H,56,64)(H2,71,72,73);1H/t31?,32?,33?,34?,35?,36?,42-,43-,44-,45+,46+,47+,48-,49-,50-,51?;/m1./s1/i;1+2T/hT. The highest BCUT2D eigenvalue weighted by Crippen LogP contribution is 2.35. The summed E-state index contributed by atoms with van der Waals surface area (Å²) in [4.78, 5) is 77.7. The van der Waals surface area contributed by atoms with E-state index in [2.05, 4.69) is 36.0 Å². The summed E-state index contributed by atoms with van der Waals surface area (Å²) in [5.41, 5.74) is -1.52. The van der Waals surface area contributed by atoms with Crippen LogP contribution in [0.25, 0.3) is 0 Å². The van der Waals surface area contributed by atoms with Gasteiger partial charge in [0.2, 0.25) is 31.0 Å². The summed E-state index contributed by atoms with van der Waals surface area (Å²) < 4.78 is 84.2. The van der Waals surface area contributed by atoms with Gasteiger partial charge in [-0.15, -0.1) is 0 Å². The molecule has 3 aliphatic rings. The van der Waals surface area contributed by atoms with Gasteiger partial charge >= 0.3 is 7.82 Å². The summed E-state index contributed by atoms with van der Waals surface area (Å²) in [6.07, 6.45) is -12.8. The lowest BCUT2D eigenvalue weighted by Gasteiger charge is -2.40. The van der Waals surface area contributed by atoms with Gasteiger partial charge in [0.05, 0.1) is 104 Å². The number of rotatable bonds is 44. The van der Waals surface area contributed by atoms with E-state index in [-0.39, 0.29) is 137 Å². The fourth-order valence-electron chi connectivity index (χ4n) is 8.86. The van der Waals surface area contributed by atoms with Crippen LogP contribution in [0.4, 0.5) is 0 Å². The number of carbonyl (C=O) groups excluding carboxylic acids is 5. The number of hydrogen-bond acceptors (Lipinski definition) is 26. The van der Waals surface area contributed by atoms with Crippen molar-refractivity contribution >= 4 is 37.4 Å². The van der Waals surface area contributed by atoms with Crippen LogP contribution in [0.1, 0.15) is 87.9 Å². The van der Waals surface area contributed by atoms with Gasteiger partial charge in [-0.05, 0) is 32.1 Å². The van der Waals surface area contributed by atoms with Gasteiger partial charge in [0.1, 0.15) is 42.2 Å². The van der Waals surface area contributed by atoms with E-state index in [0.717, 1.165) is 0 Å². The minimum absolute atomic E-state index is 0.0447. The largest absolute Gasteiger partial charge is 0.469 e. The van der Waals surface area contributed by atoms with Crippen molar-refractivity contribution in [3.63, 3.8) is 0 Å². The minimum Gasteiger partial charge on any atom is -0.394 e. The van der Waals surface area contributed by atoms with Crippen molar-refractivity contribution in [2.75, 3.05) is 112 Å². The van der Waals surface area contributed by atoms with Crippen LogP contribution in [0.5, 0.6) is 0 Å². The van der Waals surface area contributed by atoms with Crippen LogP contribution in [0.15, 0.2) is 0 Å².